The second-order valence-corrected chi connectivity index (χ2v) is 7.41. The van der Waals surface area contributed by atoms with Crippen LogP contribution in [0.1, 0.15) is 25.3 Å². The van der Waals surface area contributed by atoms with Crippen LogP contribution in [0, 0.1) is 0 Å². The summed E-state index contributed by atoms with van der Waals surface area (Å²) in [6, 6.07) is 7.83. The maximum atomic E-state index is 12.2. The van der Waals surface area contributed by atoms with Crippen molar-refractivity contribution in [3.05, 3.63) is 29.3 Å². The molecule has 1 N–H and O–H groups in total. The fourth-order valence-electron chi connectivity index (χ4n) is 1.74. The summed E-state index contributed by atoms with van der Waals surface area (Å²) >= 11 is 1.54. The van der Waals surface area contributed by atoms with Crippen molar-refractivity contribution in [3.63, 3.8) is 0 Å². The molecule has 6 heteroatoms. The minimum Gasteiger partial charge on any atom is -0.355 e. The molecule has 1 aromatic heterocycles. The van der Waals surface area contributed by atoms with E-state index in [9.17, 15) is 9.00 Å². The predicted octanol–water partition coefficient (Wildman–Crippen LogP) is 2.46. The van der Waals surface area contributed by atoms with Crippen LogP contribution >= 0.6 is 11.3 Å². The van der Waals surface area contributed by atoms with Gasteiger partial charge in [0.1, 0.15) is 10.3 Å². The number of amides is 1. The van der Waals surface area contributed by atoms with E-state index in [1.165, 1.54) is 11.3 Å². The number of thiazole rings is 1. The Labute approximate surface area is 125 Å². The molecule has 0 saturated carbocycles. The van der Waals surface area contributed by atoms with E-state index in [2.05, 4.69) is 10.3 Å². The van der Waals surface area contributed by atoms with Gasteiger partial charge < -0.3 is 5.32 Å². The molecule has 1 aromatic carbocycles. The lowest BCUT2D eigenvalue weighted by atomic mass is 10.3. The van der Waals surface area contributed by atoms with E-state index in [0.717, 1.165) is 21.6 Å². The molecule has 2 aromatic rings. The third kappa shape index (κ3) is 3.64. The molecule has 0 aliphatic heterocycles. The lowest BCUT2D eigenvalue weighted by Crippen LogP contribution is -2.36. The molecule has 0 aliphatic carbocycles. The van der Waals surface area contributed by atoms with E-state index in [0.29, 0.717) is 12.3 Å². The van der Waals surface area contributed by atoms with Crippen molar-refractivity contribution in [1.82, 2.24) is 10.3 Å². The first-order chi connectivity index (χ1) is 9.61. The van der Waals surface area contributed by atoms with E-state index in [4.69, 9.17) is 0 Å². The lowest BCUT2D eigenvalue weighted by Gasteiger charge is -2.10. The minimum absolute atomic E-state index is 0.147. The topological polar surface area (TPSA) is 59.1 Å². The summed E-state index contributed by atoms with van der Waals surface area (Å²) in [6.07, 6.45) is 0.878. The van der Waals surface area contributed by atoms with Gasteiger partial charge in [-0.1, -0.05) is 19.1 Å². The average molecular weight is 310 g/mol. The molecule has 0 radical (unpaired) electrons. The SMILES string of the molecule is CCCNC(=O)C(C)S(=O)Cc1nc2ccccc2s1. The van der Waals surface area contributed by atoms with E-state index < -0.39 is 16.0 Å². The highest BCUT2D eigenvalue weighted by molar-refractivity contribution is 7.85. The Kier molecular flexibility index (Phi) is 5.25. The van der Waals surface area contributed by atoms with Gasteiger partial charge in [0.15, 0.2) is 0 Å². The number of nitrogens with one attached hydrogen (secondary N) is 1. The summed E-state index contributed by atoms with van der Waals surface area (Å²) in [4.78, 5) is 16.2. The van der Waals surface area contributed by atoms with Crippen LogP contribution in [0.5, 0.6) is 0 Å². The molecule has 2 atom stereocenters. The van der Waals surface area contributed by atoms with Crippen molar-refractivity contribution in [2.75, 3.05) is 6.54 Å². The Morgan fingerprint density at radius 3 is 2.90 bits per heavy atom. The number of carbonyl (C=O) groups is 1. The number of para-hydroxylation sites is 1. The summed E-state index contributed by atoms with van der Waals surface area (Å²) in [5, 5.41) is 3.09. The molecule has 0 aliphatic rings. The average Bonchev–Trinajstić information content (AvgIpc) is 2.85. The van der Waals surface area contributed by atoms with Gasteiger partial charge >= 0.3 is 0 Å². The zero-order valence-corrected chi connectivity index (χ0v) is 13.2. The van der Waals surface area contributed by atoms with Gasteiger partial charge in [-0.15, -0.1) is 11.3 Å². The van der Waals surface area contributed by atoms with Crippen molar-refractivity contribution in [1.29, 1.82) is 0 Å². The molecule has 0 saturated heterocycles. The third-order valence-electron chi connectivity index (χ3n) is 2.92. The highest BCUT2D eigenvalue weighted by Gasteiger charge is 2.20. The van der Waals surface area contributed by atoms with Crippen molar-refractivity contribution in [2.45, 2.75) is 31.3 Å². The van der Waals surface area contributed by atoms with Gasteiger partial charge in [0.05, 0.1) is 16.0 Å². The van der Waals surface area contributed by atoms with E-state index in [-0.39, 0.29) is 5.91 Å². The van der Waals surface area contributed by atoms with Crippen LogP contribution in [-0.2, 0) is 21.3 Å². The Morgan fingerprint density at radius 1 is 1.45 bits per heavy atom. The largest absolute Gasteiger partial charge is 0.355 e. The molecule has 2 unspecified atom stereocenters. The maximum absolute atomic E-state index is 12.2. The summed E-state index contributed by atoms with van der Waals surface area (Å²) in [6.45, 7) is 4.32. The van der Waals surface area contributed by atoms with Crippen molar-refractivity contribution in [3.8, 4) is 0 Å². The van der Waals surface area contributed by atoms with Gasteiger partial charge in [0, 0.05) is 17.3 Å². The monoisotopic (exact) mass is 310 g/mol. The van der Waals surface area contributed by atoms with E-state index >= 15 is 0 Å². The van der Waals surface area contributed by atoms with E-state index in [1.807, 2.05) is 31.2 Å². The molecule has 0 fully saturated rings. The van der Waals surface area contributed by atoms with Crippen LogP contribution < -0.4 is 5.32 Å². The van der Waals surface area contributed by atoms with Crippen LogP contribution in [0.4, 0.5) is 0 Å². The molecule has 4 nitrogen and oxygen atoms in total. The summed E-state index contributed by atoms with van der Waals surface area (Å²) in [7, 11) is -1.24. The standard InChI is InChI=1S/C14H18N2O2S2/c1-3-8-15-14(17)10(2)20(18)9-13-16-11-6-4-5-7-12(11)19-13/h4-7,10H,3,8-9H2,1-2H3,(H,15,17). The lowest BCUT2D eigenvalue weighted by molar-refractivity contribution is -0.120. The number of hydrogen-bond donors (Lipinski definition) is 1. The Hall–Kier alpha value is -1.27. The highest BCUT2D eigenvalue weighted by atomic mass is 32.2. The molecular weight excluding hydrogens is 292 g/mol. The van der Waals surface area contributed by atoms with E-state index in [1.54, 1.807) is 6.92 Å². The maximum Gasteiger partial charge on any atom is 0.235 e. The molecule has 20 heavy (non-hydrogen) atoms. The number of nitrogens with zero attached hydrogens (tertiary/aromatic N) is 1. The second-order valence-electron chi connectivity index (χ2n) is 4.53. The Morgan fingerprint density at radius 2 is 2.20 bits per heavy atom. The molecular formula is C14H18N2O2S2. The molecule has 108 valence electrons. The quantitative estimate of drug-likeness (QED) is 0.891. The molecule has 1 amide bonds. The fraction of sp³-hybridized carbons (Fsp3) is 0.429. The molecule has 1 heterocycles. The summed E-state index contributed by atoms with van der Waals surface area (Å²) < 4.78 is 13.3. The minimum atomic E-state index is -1.24. The molecule has 0 bridgehead atoms. The number of benzene rings is 1. The smallest absolute Gasteiger partial charge is 0.235 e. The van der Waals surface area contributed by atoms with Crippen LogP contribution in [-0.4, -0.2) is 26.9 Å². The zero-order chi connectivity index (χ0) is 14.5. The second kappa shape index (κ2) is 6.95. The summed E-state index contributed by atoms with van der Waals surface area (Å²) in [5.41, 5.74) is 0.924. The summed E-state index contributed by atoms with van der Waals surface area (Å²) in [5.74, 6) is 0.186. The van der Waals surface area contributed by atoms with Crippen molar-refractivity contribution < 1.29 is 9.00 Å². The van der Waals surface area contributed by atoms with Crippen LogP contribution in [0.25, 0.3) is 10.2 Å². The van der Waals surface area contributed by atoms with Gasteiger partial charge in [-0.2, -0.15) is 0 Å². The normalized spacial score (nSPS) is 14.1. The first-order valence-corrected chi connectivity index (χ1v) is 8.81. The Bertz CT molecular complexity index is 591. The first kappa shape index (κ1) is 15.1. The fourth-order valence-corrected chi connectivity index (χ4v) is 3.97. The van der Waals surface area contributed by atoms with Gasteiger partial charge in [0.2, 0.25) is 5.91 Å². The highest BCUT2D eigenvalue weighted by Crippen LogP contribution is 2.23. The van der Waals surface area contributed by atoms with Gasteiger partial charge in [0.25, 0.3) is 0 Å². The molecule has 2 rings (SSSR count). The van der Waals surface area contributed by atoms with Gasteiger partial charge in [-0.25, -0.2) is 4.98 Å². The first-order valence-electron chi connectivity index (χ1n) is 6.61. The number of carbonyl (C=O) groups excluding carboxylic acids is 1. The van der Waals surface area contributed by atoms with Crippen molar-refractivity contribution in [2.24, 2.45) is 0 Å². The number of rotatable bonds is 6. The van der Waals surface area contributed by atoms with Crippen molar-refractivity contribution >= 4 is 38.3 Å². The number of fused-ring (bicyclic) bond motifs is 1. The van der Waals surface area contributed by atoms with Crippen LogP contribution in [0.15, 0.2) is 24.3 Å². The number of hydrogen-bond acceptors (Lipinski definition) is 4. The number of aromatic nitrogens is 1. The van der Waals surface area contributed by atoms with Crippen LogP contribution in [0.2, 0.25) is 0 Å². The molecule has 0 spiro atoms. The van der Waals surface area contributed by atoms with Gasteiger partial charge in [-0.05, 0) is 25.5 Å². The zero-order valence-electron chi connectivity index (χ0n) is 11.6. The van der Waals surface area contributed by atoms with Gasteiger partial charge in [-0.3, -0.25) is 9.00 Å². The predicted molar refractivity (Wildman–Crippen MR) is 84.2 cm³/mol. The Balaban J connectivity index is 2.01. The third-order valence-corrected chi connectivity index (χ3v) is 5.70. The van der Waals surface area contributed by atoms with Crippen LogP contribution in [0.3, 0.4) is 0 Å².